The van der Waals surface area contributed by atoms with Gasteiger partial charge in [0.1, 0.15) is 6.61 Å². The highest BCUT2D eigenvalue weighted by Gasteiger charge is 2.34. The maximum atomic E-state index is 12.4. The molecule has 0 radical (unpaired) electrons. The summed E-state index contributed by atoms with van der Waals surface area (Å²) < 4.78 is 38.8. The number of carboxylic acids is 1. The molecule has 0 aliphatic carbocycles. The number of rotatable bonds is 5. The van der Waals surface area contributed by atoms with Crippen LogP contribution >= 0.6 is 0 Å². The van der Waals surface area contributed by atoms with Crippen molar-refractivity contribution in [2.75, 3.05) is 13.2 Å². The molecule has 0 spiro atoms. The van der Waals surface area contributed by atoms with Gasteiger partial charge >= 0.3 is 5.97 Å². The number of para-hydroxylation sites is 2. The van der Waals surface area contributed by atoms with Crippen LogP contribution in [0, 0.1) is 0 Å². The maximum Gasteiger partial charge on any atom is 0.335 e. The van der Waals surface area contributed by atoms with Crippen LogP contribution in [-0.4, -0.2) is 38.2 Å². The number of fused-ring (bicyclic) bond motifs is 1. The normalized spacial score (nSPS) is 19.4. The average molecular weight is 363 g/mol. The van der Waals surface area contributed by atoms with E-state index < -0.39 is 21.6 Å². The Bertz CT molecular complexity index is 894. The molecule has 1 aliphatic rings. The Hall–Kier alpha value is -2.58. The van der Waals surface area contributed by atoms with E-state index in [1.165, 1.54) is 24.3 Å². The van der Waals surface area contributed by atoms with Gasteiger partial charge in [-0.05, 0) is 43.3 Å². The maximum absolute atomic E-state index is 12.4. The third-order valence-electron chi connectivity index (χ3n) is 3.79. The number of benzene rings is 2. The second kappa shape index (κ2) is 6.38. The molecule has 0 saturated heterocycles. The number of carbonyl (C=O) groups is 1. The van der Waals surface area contributed by atoms with E-state index >= 15 is 0 Å². The molecule has 0 bridgehead atoms. The molecule has 7 nitrogen and oxygen atoms in total. The van der Waals surface area contributed by atoms with Gasteiger partial charge in [-0.25, -0.2) is 17.9 Å². The van der Waals surface area contributed by atoms with Crippen molar-refractivity contribution in [2.45, 2.75) is 17.4 Å². The van der Waals surface area contributed by atoms with Crippen molar-refractivity contribution in [1.82, 2.24) is 4.72 Å². The lowest BCUT2D eigenvalue weighted by molar-refractivity contribution is 0.0107. The summed E-state index contributed by atoms with van der Waals surface area (Å²) in [5, 5.41) is 8.87. The Morgan fingerprint density at radius 1 is 1.16 bits per heavy atom. The second-order valence-electron chi connectivity index (χ2n) is 5.94. The highest BCUT2D eigenvalue weighted by atomic mass is 32.2. The number of hydrogen-bond donors (Lipinski definition) is 2. The summed E-state index contributed by atoms with van der Waals surface area (Å²) in [5.74, 6) is 0.0594. The molecule has 2 N–H and O–H groups in total. The van der Waals surface area contributed by atoms with Gasteiger partial charge in [-0.1, -0.05) is 12.1 Å². The van der Waals surface area contributed by atoms with Crippen molar-refractivity contribution >= 4 is 16.0 Å². The van der Waals surface area contributed by atoms with Gasteiger partial charge in [0.05, 0.1) is 17.0 Å². The van der Waals surface area contributed by atoms with Crippen LogP contribution in [0.4, 0.5) is 0 Å². The van der Waals surface area contributed by atoms with E-state index in [0.29, 0.717) is 11.5 Å². The lowest BCUT2D eigenvalue weighted by atomic mass is 10.1. The Kier molecular flexibility index (Phi) is 4.40. The van der Waals surface area contributed by atoms with Crippen LogP contribution < -0.4 is 14.2 Å². The summed E-state index contributed by atoms with van der Waals surface area (Å²) >= 11 is 0. The largest absolute Gasteiger partial charge is 0.485 e. The van der Waals surface area contributed by atoms with E-state index in [0.717, 1.165) is 0 Å². The molecular weight excluding hydrogens is 346 g/mol. The zero-order valence-electron chi connectivity index (χ0n) is 13.4. The first-order chi connectivity index (χ1) is 11.8. The number of sulfonamides is 1. The first-order valence-electron chi connectivity index (χ1n) is 7.53. The lowest BCUT2D eigenvalue weighted by Gasteiger charge is -2.35. The van der Waals surface area contributed by atoms with Crippen molar-refractivity contribution in [3.05, 3.63) is 54.1 Å². The Morgan fingerprint density at radius 3 is 2.44 bits per heavy atom. The monoisotopic (exact) mass is 363 g/mol. The van der Waals surface area contributed by atoms with Crippen molar-refractivity contribution in [1.29, 1.82) is 0 Å². The fourth-order valence-electron chi connectivity index (χ4n) is 2.37. The van der Waals surface area contributed by atoms with Crippen molar-refractivity contribution in [2.24, 2.45) is 0 Å². The molecule has 1 atom stereocenters. The minimum atomic E-state index is -3.80. The quantitative estimate of drug-likeness (QED) is 0.841. The number of hydrogen-bond acceptors (Lipinski definition) is 5. The van der Waals surface area contributed by atoms with E-state index in [1.807, 2.05) is 12.1 Å². The topological polar surface area (TPSA) is 102 Å². The van der Waals surface area contributed by atoms with Gasteiger partial charge in [0, 0.05) is 0 Å². The summed E-state index contributed by atoms with van der Waals surface area (Å²) in [5.41, 5.74) is -0.839. The standard InChI is InChI=1S/C17H17NO6S/c1-17(11-23-14-4-2-3-5-15(14)24-17)10-18-25(21,22)13-8-6-12(7-9-13)16(19)20/h2-9,18H,10-11H2,1H3,(H,19,20). The second-order valence-corrected chi connectivity index (χ2v) is 7.71. The lowest BCUT2D eigenvalue weighted by Crippen LogP contribution is -2.50. The van der Waals surface area contributed by atoms with Gasteiger partial charge in [-0.2, -0.15) is 0 Å². The Balaban J connectivity index is 1.71. The third kappa shape index (κ3) is 3.75. The summed E-state index contributed by atoms with van der Waals surface area (Å²) in [6.45, 7) is 1.95. The van der Waals surface area contributed by atoms with Crippen LogP contribution in [0.5, 0.6) is 11.5 Å². The molecule has 132 valence electrons. The van der Waals surface area contributed by atoms with Gasteiger partial charge < -0.3 is 14.6 Å². The predicted molar refractivity (Wildman–Crippen MR) is 89.6 cm³/mol. The molecule has 8 heteroatoms. The van der Waals surface area contributed by atoms with Crippen LogP contribution in [0.3, 0.4) is 0 Å². The average Bonchev–Trinajstić information content (AvgIpc) is 2.60. The highest BCUT2D eigenvalue weighted by Crippen LogP contribution is 2.34. The fraction of sp³-hybridized carbons (Fsp3) is 0.235. The van der Waals surface area contributed by atoms with Gasteiger partial charge in [0.2, 0.25) is 10.0 Å². The van der Waals surface area contributed by atoms with Gasteiger partial charge in [0.15, 0.2) is 17.1 Å². The molecule has 0 aromatic heterocycles. The minimum Gasteiger partial charge on any atom is -0.485 e. The molecule has 3 rings (SSSR count). The minimum absolute atomic E-state index is 0.00432. The third-order valence-corrected chi connectivity index (χ3v) is 5.20. The summed E-state index contributed by atoms with van der Waals surface area (Å²) in [7, 11) is -3.80. The molecule has 0 saturated carbocycles. The molecule has 1 heterocycles. The van der Waals surface area contributed by atoms with Crippen LogP contribution in [0.25, 0.3) is 0 Å². The molecule has 0 amide bonds. The number of aromatic carboxylic acids is 1. The zero-order valence-corrected chi connectivity index (χ0v) is 14.2. The molecule has 0 fully saturated rings. The summed E-state index contributed by atoms with van der Waals surface area (Å²) in [4.78, 5) is 10.8. The zero-order chi connectivity index (χ0) is 18.1. The molecule has 1 aliphatic heterocycles. The molecule has 2 aromatic carbocycles. The van der Waals surface area contributed by atoms with E-state index in [1.54, 1.807) is 19.1 Å². The first-order valence-corrected chi connectivity index (χ1v) is 9.01. The molecule has 25 heavy (non-hydrogen) atoms. The summed E-state index contributed by atoms with van der Waals surface area (Å²) in [6, 6.07) is 12.2. The SMILES string of the molecule is CC1(CNS(=O)(=O)c2ccc(C(=O)O)cc2)COc2ccccc2O1. The molecule has 1 unspecified atom stereocenters. The van der Waals surface area contributed by atoms with E-state index in [2.05, 4.69) is 4.72 Å². The summed E-state index contributed by atoms with van der Waals surface area (Å²) in [6.07, 6.45) is 0. The number of ether oxygens (including phenoxy) is 2. The van der Waals surface area contributed by atoms with Crippen LogP contribution in [0.2, 0.25) is 0 Å². The highest BCUT2D eigenvalue weighted by molar-refractivity contribution is 7.89. The van der Waals surface area contributed by atoms with Crippen LogP contribution in [0.1, 0.15) is 17.3 Å². The molecule has 2 aromatic rings. The fourth-order valence-corrected chi connectivity index (χ4v) is 3.53. The van der Waals surface area contributed by atoms with Gasteiger partial charge in [0.25, 0.3) is 0 Å². The van der Waals surface area contributed by atoms with Crippen LogP contribution in [-0.2, 0) is 10.0 Å². The van der Waals surface area contributed by atoms with E-state index in [-0.39, 0.29) is 23.6 Å². The smallest absolute Gasteiger partial charge is 0.335 e. The predicted octanol–water partition coefficient (Wildman–Crippen LogP) is 1.89. The van der Waals surface area contributed by atoms with Gasteiger partial charge in [-0.15, -0.1) is 0 Å². The van der Waals surface area contributed by atoms with E-state index in [9.17, 15) is 13.2 Å². The Morgan fingerprint density at radius 2 is 1.80 bits per heavy atom. The molecular formula is C17H17NO6S. The number of carboxylic acid groups (broad SMARTS) is 1. The first kappa shape index (κ1) is 17.2. The number of nitrogens with one attached hydrogen (secondary N) is 1. The Labute approximate surface area is 145 Å². The van der Waals surface area contributed by atoms with Crippen molar-refractivity contribution < 1.29 is 27.8 Å². The van der Waals surface area contributed by atoms with Crippen molar-refractivity contribution in [3.8, 4) is 11.5 Å². The van der Waals surface area contributed by atoms with Crippen molar-refractivity contribution in [3.63, 3.8) is 0 Å². The van der Waals surface area contributed by atoms with Gasteiger partial charge in [-0.3, -0.25) is 0 Å². The van der Waals surface area contributed by atoms with E-state index in [4.69, 9.17) is 14.6 Å². The van der Waals surface area contributed by atoms with Crippen LogP contribution in [0.15, 0.2) is 53.4 Å².